The molecule has 36 heavy (non-hydrogen) atoms. The molecule has 3 rings (SSSR count). The average molecular weight is 615 g/mol. The number of benzene rings is 2. The molecule has 1 heterocycles. The van der Waals surface area contributed by atoms with E-state index in [0.717, 1.165) is 15.0 Å². The zero-order chi connectivity index (χ0) is 26.5. The molecule has 0 aliphatic rings. The van der Waals surface area contributed by atoms with E-state index in [1.54, 1.807) is 56.3 Å². The van der Waals surface area contributed by atoms with Gasteiger partial charge in [-0.3, -0.25) is 4.79 Å². The van der Waals surface area contributed by atoms with Crippen LogP contribution in [0.1, 0.15) is 41.8 Å². The van der Waals surface area contributed by atoms with Gasteiger partial charge < -0.3 is 19.7 Å². The lowest BCUT2D eigenvalue weighted by Gasteiger charge is -2.19. The van der Waals surface area contributed by atoms with E-state index in [2.05, 4.69) is 26.2 Å². The van der Waals surface area contributed by atoms with Crippen LogP contribution in [0.4, 0.5) is 4.79 Å². The molecule has 0 saturated heterocycles. The molecule has 0 unspecified atom stereocenters. The summed E-state index contributed by atoms with van der Waals surface area (Å²) in [6, 6.07) is 10.6. The Bertz CT molecular complexity index is 1250. The Hall–Kier alpha value is -2.33. The van der Waals surface area contributed by atoms with Crippen LogP contribution >= 0.6 is 50.5 Å². The molecule has 0 atom stereocenters. The SMILES string of the molecule is CN(Cc1ccc(Oc2ccc(Cl)c(Cl)c2)cc1Br)C(=O)c1csc(CCNC(=O)OC(C)(C)C)n1. The first-order valence-corrected chi connectivity index (χ1v) is 13.4. The molecule has 7 nitrogen and oxygen atoms in total. The summed E-state index contributed by atoms with van der Waals surface area (Å²) in [5.74, 6) is 0.986. The van der Waals surface area contributed by atoms with Gasteiger partial charge in [0.05, 0.1) is 15.1 Å². The van der Waals surface area contributed by atoms with Gasteiger partial charge in [-0.25, -0.2) is 9.78 Å². The van der Waals surface area contributed by atoms with E-state index in [1.165, 1.54) is 11.3 Å². The van der Waals surface area contributed by atoms with Gasteiger partial charge in [0.1, 0.15) is 22.8 Å². The van der Waals surface area contributed by atoms with Crippen LogP contribution in [0.3, 0.4) is 0 Å². The number of thiazole rings is 1. The number of nitrogens with zero attached hydrogens (tertiary/aromatic N) is 2. The predicted molar refractivity (Wildman–Crippen MR) is 147 cm³/mol. The molecule has 1 N–H and O–H groups in total. The maximum Gasteiger partial charge on any atom is 0.407 e. The van der Waals surface area contributed by atoms with Crippen LogP contribution in [0.5, 0.6) is 11.5 Å². The lowest BCUT2D eigenvalue weighted by atomic mass is 10.2. The molecular formula is C25H26BrCl2N3O4S. The summed E-state index contributed by atoms with van der Waals surface area (Å²) in [5, 5.41) is 6.05. The highest BCUT2D eigenvalue weighted by molar-refractivity contribution is 9.10. The minimum Gasteiger partial charge on any atom is -0.457 e. The number of carbonyl (C=O) groups is 2. The summed E-state index contributed by atoms with van der Waals surface area (Å²) in [5.41, 5.74) is 0.720. The molecule has 0 saturated carbocycles. The van der Waals surface area contributed by atoms with E-state index < -0.39 is 11.7 Å². The van der Waals surface area contributed by atoms with Crippen LogP contribution in [-0.2, 0) is 17.7 Å². The second-order valence-corrected chi connectivity index (χ2v) is 11.5. The number of hydrogen-bond donors (Lipinski definition) is 1. The molecule has 2 aromatic carbocycles. The van der Waals surface area contributed by atoms with Crippen molar-refractivity contribution in [2.45, 2.75) is 39.3 Å². The smallest absolute Gasteiger partial charge is 0.407 e. The van der Waals surface area contributed by atoms with Crippen molar-refractivity contribution in [3.8, 4) is 11.5 Å². The van der Waals surface area contributed by atoms with Crippen molar-refractivity contribution in [1.82, 2.24) is 15.2 Å². The Morgan fingerprint density at radius 2 is 1.81 bits per heavy atom. The normalized spacial score (nSPS) is 11.2. The quantitative estimate of drug-likeness (QED) is 0.287. The van der Waals surface area contributed by atoms with Crippen molar-refractivity contribution >= 4 is 62.5 Å². The minimum absolute atomic E-state index is 0.194. The summed E-state index contributed by atoms with van der Waals surface area (Å²) < 4.78 is 11.9. The van der Waals surface area contributed by atoms with Crippen LogP contribution in [0.15, 0.2) is 46.3 Å². The first-order valence-electron chi connectivity index (χ1n) is 11.0. The average Bonchev–Trinajstić information content (AvgIpc) is 3.25. The van der Waals surface area contributed by atoms with Gasteiger partial charge in [0.2, 0.25) is 0 Å². The highest BCUT2D eigenvalue weighted by Crippen LogP contribution is 2.31. The van der Waals surface area contributed by atoms with Gasteiger partial charge in [-0.1, -0.05) is 45.2 Å². The lowest BCUT2D eigenvalue weighted by molar-refractivity contribution is 0.0528. The number of rotatable bonds is 8. The van der Waals surface area contributed by atoms with E-state index in [-0.39, 0.29) is 5.91 Å². The fraction of sp³-hybridized carbons (Fsp3) is 0.320. The van der Waals surface area contributed by atoms with Gasteiger partial charge >= 0.3 is 6.09 Å². The van der Waals surface area contributed by atoms with Crippen molar-refractivity contribution in [2.24, 2.45) is 0 Å². The largest absolute Gasteiger partial charge is 0.457 e. The topological polar surface area (TPSA) is 80.8 Å². The van der Waals surface area contributed by atoms with E-state index in [0.29, 0.717) is 46.7 Å². The molecule has 3 aromatic rings. The number of aromatic nitrogens is 1. The van der Waals surface area contributed by atoms with Gasteiger partial charge in [0.25, 0.3) is 5.91 Å². The van der Waals surface area contributed by atoms with E-state index in [4.69, 9.17) is 32.7 Å². The first-order chi connectivity index (χ1) is 16.9. The number of nitrogens with one attached hydrogen (secondary N) is 1. The molecular weight excluding hydrogens is 589 g/mol. The Labute approximate surface area is 232 Å². The van der Waals surface area contributed by atoms with Crippen molar-refractivity contribution in [3.63, 3.8) is 0 Å². The van der Waals surface area contributed by atoms with Gasteiger partial charge in [-0.05, 0) is 50.6 Å². The third-order valence-electron chi connectivity index (χ3n) is 4.68. The Morgan fingerprint density at radius 1 is 1.11 bits per heavy atom. The number of ether oxygens (including phenoxy) is 2. The zero-order valence-corrected chi connectivity index (χ0v) is 24.1. The number of amides is 2. The van der Waals surface area contributed by atoms with Crippen molar-refractivity contribution in [2.75, 3.05) is 13.6 Å². The van der Waals surface area contributed by atoms with E-state index >= 15 is 0 Å². The Balaban J connectivity index is 1.54. The fourth-order valence-corrected chi connectivity index (χ4v) is 4.57. The third kappa shape index (κ3) is 8.37. The summed E-state index contributed by atoms with van der Waals surface area (Å²) in [6.45, 7) is 6.16. The molecule has 0 radical (unpaired) electrons. The monoisotopic (exact) mass is 613 g/mol. The minimum atomic E-state index is -0.553. The number of carbonyl (C=O) groups excluding carboxylic acids is 2. The molecule has 192 valence electrons. The second-order valence-electron chi connectivity index (χ2n) is 8.90. The molecule has 0 fully saturated rings. The summed E-state index contributed by atoms with van der Waals surface area (Å²) in [6.07, 6.45) is 0.0290. The van der Waals surface area contributed by atoms with Gasteiger partial charge in [-0.15, -0.1) is 11.3 Å². The van der Waals surface area contributed by atoms with Gasteiger partial charge in [0.15, 0.2) is 0 Å². The molecule has 1 aromatic heterocycles. The van der Waals surface area contributed by atoms with Crippen LogP contribution in [0, 0.1) is 0 Å². The van der Waals surface area contributed by atoms with E-state index in [9.17, 15) is 9.59 Å². The van der Waals surface area contributed by atoms with Crippen LogP contribution in [0.2, 0.25) is 10.0 Å². The standard InChI is InChI=1S/C25H26BrCl2N3O4S/c1-25(2,3)35-24(33)29-10-9-22-30-21(14-36-22)23(32)31(4)13-15-5-6-16(11-18(15)26)34-17-7-8-19(27)20(28)12-17/h5-8,11-12,14H,9-10,13H2,1-4H3,(H,29,33). The van der Waals surface area contributed by atoms with Crippen LogP contribution < -0.4 is 10.1 Å². The lowest BCUT2D eigenvalue weighted by Crippen LogP contribution is -2.33. The molecule has 0 spiro atoms. The van der Waals surface area contributed by atoms with Gasteiger partial charge in [-0.2, -0.15) is 0 Å². The molecule has 11 heteroatoms. The molecule has 0 bridgehead atoms. The Kier molecular flexibility index (Phi) is 9.63. The summed E-state index contributed by atoms with van der Waals surface area (Å²) in [7, 11) is 1.72. The third-order valence-corrected chi connectivity index (χ3v) is 7.07. The molecule has 2 amide bonds. The van der Waals surface area contributed by atoms with Crippen molar-refractivity contribution in [1.29, 1.82) is 0 Å². The number of alkyl carbamates (subject to hydrolysis) is 1. The first kappa shape index (κ1) is 28.2. The van der Waals surface area contributed by atoms with Crippen LogP contribution in [-0.4, -0.2) is 41.1 Å². The van der Waals surface area contributed by atoms with E-state index in [1.807, 2.05) is 18.2 Å². The van der Waals surface area contributed by atoms with Crippen LogP contribution in [0.25, 0.3) is 0 Å². The number of halogens is 3. The highest BCUT2D eigenvalue weighted by atomic mass is 79.9. The maximum absolute atomic E-state index is 12.9. The predicted octanol–water partition coefficient (Wildman–Crippen LogP) is 7.34. The molecule has 0 aliphatic heterocycles. The number of hydrogen-bond acceptors (Lipinski definition) is 6. The maximum atomic E-state index is 12.9. The van der Waals surface area contributed by atoms with Crippen molar-refractivity contribution in [3.05, 3.63) is 72.6 Å². The molecule has 0 aliphatic carbocycles. The second kappa shape index (κ2) is 12.3. The fourth-order valence-electron chi connectivity index (χ4n) is 3.03. The van der Waals surface area contributed by atoms with Gasteiger partial charge in [0, 0.05) is 42.5 Å². The van der Waals surface area contributed by atoms with Crippen molar-refractivity contribution < 1.29 is 19.1 Å². The summed E-state index contributed by atoms with van der Waals surface area (Å²) in [4.78, 5) is 30.7. The summed E-state index contributed by atoms with van der Waals surface area (Å²) >= 11 is 16.9. The Morgan fingerprint density at radius 3 is 2.47 bits per heavy atom. The zero-order valence-electron chi connectivity index (χ0n) is 20.2. The highest BCUT2D eigenvalue weighted by Gasteiger charge is 2.18.